The van der Waals surface area contributed by atoms with Gasteiger partial charge in [-0.3, -0.25) is 14.6 Å². The van der Waals surface area contributed by atoms with E-state index in [2.05, 4.69) is 4.99 Å². The van der Waals surface area contributed by atoms with Gasteiger partial charge in [-0.05, 0) is 43.9 Å². The van der Waals surface area contributed by atoms with Gasteiger partial charge >= 0.3 is 5.97 Å². The van der Waals surface area contributed by atoms with Crippen LogP contribution in [0.5, 0.6) is 17.2 Å². The number of esters is 1. The Bertz CT molecular complexity index is 876. The molecule has 162 valence electrons. The number of Topliss-reactive ketones (excluding diaryl/α,β-unsaturated/α-hetero) is 1. The number of carbonyl (C=O) groups is 2. The van der Waals surface area contributed by atoms with Gasteiger partial charge in [0.2, 0.25) is 5.75 Å². The Morgan fingerprint density at radius 2 is 1.77 bits per heavy atom. The van der Waals surface area contributed by atoms with Crippen LogP contribution in [-0.4, -0.2) is 45.4 Å². The number of ketones is 1. The molecule has 1 aliphatic carbocycles. The van der Waals surface area contributed by atoms with Gasteiger partial charge in [0, 0.05) is 29.3 Å². The van der Waals surface area contributed by atoms with Crippen molar-refractivity contribution in [3.63, 3.8) is 0 Å². The molecule has 1 aromatic carbocycles. The van der Waals surface area contributed by atoms with Crippen molar-refractivity contribution in [2.45, 2.75) is 45.4 Å². The number of benzene rings is 1. The van der Waals surface area contributed by atoms with Crippen molar-refractivity contribution < 1.29 is 28.5 Å². The SMILES string of the molecule is CCCOC(=O)C1C(C)=NC2=C(C(=O)CCC2)[C@H]1c1cc(OC)c(OC)c(OC)c1. The summed E-state index contributed by atoms with van der Waals surface area (Å²) in [7, 11) is 4.61. The molecule has 0 saturated carbocycles. The van der Waals surface area contributed by atoms with E-state index in [1.807, 2.05) is 13.8 Å². The maximum Gasteiger partial charge on any atom is 0.315 e. The van der Waals surface area contributed by atoms with E-state index in [9.17, 15) is 9.59 Å². The van der Waals surface area contributed by atoms with Crippen LogP contribution in [0.15, 0.2) is 28.4 Å². The quantitative estimate of drug-likeness (QED) is 0.629. The zero-order chi connectivity index (χ0) is 21.8. The molecule has 0 radical (unpaired) electrons. The van der Waals surface area contributed by atoms with E-state index in [-0.39, 0.29) is 11.8 Å². The van der Waals surface area contributed by atoms with E-state index < -0.39 is 11.8 Å². The second kappa shape index (κ2) is 9.32. The Morgan fingerprint density at radius 3 is 2.33 bits per heavy atom. The molecule has 30 heavy (non-hydrogen) atoms. The minimum Gasteiger partial charge on any atom is -0.493 e. The summed E-state index contributed by atoms with van der Waals surface area (Å²) in [5.41, 5.74) is 2.75. The maximum absolute atomic E-state index is 13.0. The average molecular weight is 415 g/mol. The van der Waals surface area contributed by atoms with Crippen LogP contribution in [0.1, 0.15) is 51.0 Å². The molecule has 3 rings (SSSR count). The van der Waals surface area contributed by atoms with E-state index in [1.54, 1.807) is 12.1 Å². The summed E-state index contributed by atoms with van der Waals surface area (Å²) in [6.07, 6.45) is 2.65. The summed E-state index contributed by atoms with van der Waals surface area (Å²) in [6, 6.07) is 3.61. The first-order chi connectivity index (χ1) is 14.5. The predicted octanol–water partition coefficient (Wildman–Crippen LogP) is 3.85. The molecule has 0 amide bonds. The Balaban J connectivity index is 2.20. The fourth-order valence-corrected chi connectivity index (χ4v) is 4.25. The van der Waals surface area contributed by atoms with E-state index in [1.165, 1.54) is 21.3 Å². The van der Waals surface area contributed by atoms with Crippen LogP contribution in [0.4, 0.5) is 0 Å². The van der Waals surface area contributed by atoms with Crippen LogP contribution in [0.25, 0.3) is 0 Å². The van der Waals surface area contributed by atoms with Crippen molar-refractivity contribution >= 4 is 17.5 Å². The molecule has 7 heteroatoms. The summed E-state index contributed by atoms with van der Waals surface area (Å²) in [5, 5.41) is 0. The number of carbonyl (C=O) groups excluding carboxylic acids is 2. The first kappa shape index (κ1) is 21.9. The standard InChI is InChI=1S/C23H29NO6/c1-6-10-30-23(26)19-13(2)24-15-8-7-9-16(25)21(15)20(19)14-11-17(27-3)22(29-5)18(12-14)28-4/h11-12,19-20H,6-10H2,1-5H3/t19?,20-/m0/s1. The average Bonchev–Trinajstić information content (AvgIpc) is 2.75. The summed E-state index contributed by atoms with van der Waals surface area (Å²) in [6.45, 7) is 4.09. The van der Waals surface area contributed by atoms with Crippen molar-refractivity contribution in [1.82, 2.24) is 0 Å². The second-order valence-corrected chi connectivity index (χ2v) is 7.47. The molecular weight excluding hydrogens is 386 g/mol. The highest BCUT2D eigenvalue weighted by Crippen LogP contribution is 2.47. The van der Waals surface area contributed by atoms with Gasteiger partial charge in [0.15, 0.2) is 17.3 Å². The smallest absolute Gasteiger partial charge is 0.315 e. The highest BCUT2D eigenvalue weighted by atomic mass is 16.5. The molecule has 1 aliphatic heterocycles. The van der Waals surface area contributed by atoms with Gasteiger partial charge in [0.25, 0.3) is 0 Å². The number of rotatable bonds is 7. The molecule has 0 spiro atoms. The number of aliphatic imine (C=N–C) groups is 1. The van der Waals surface area contributed by atoms with E-state index >= 15 is 0 Å². The van der Waals surface area contributed by atoms with Crippen molar-refractivity contribution in [2.24, 2.45) is 10.9 Å². The first-order valence-corrected chi connectivity index (χ1v) is 10.2. The normalized spacial score (nSPS) is 21.0. The summed E-state index contributed by atoms with van der Waals surface area (Å²) in [5.74, 6) is -0.139. The number of nitrogens with zero attached hydrogens (tertiary/aromatic N) is 1. The lowest BCUT2D eigenvalue weighted by Crippen LogP contribution is -2.37. The molecule has 2 aliphatic rings. The maximum atomic E-state index is 13.0. The van der Waals surface area contributed by atoms with Crippen molar-refractivity contribution in [2.75, 3.05) is 27.9 Å². The minimum atomic E-state index is -0.680. The number of hydrogen-bond acceptors (Lipinski definition) is 7. The van der Waals surface area contributed by atoms with Gasteiger partial charge < -0.3 is 18.9 Å². The summed E-state index contributed by atoms with van der Waals surface area (Å²) >= 11 is 0. The van der Waals surface area contributed by atoms with Crippen molar-refractivity contribution in [1.29, 1.82) is 0 Å². The molecule has 7 nitrogen and oxygen atoms in total. The zero-order valence-electron chi connectivity index (χ0n) is 18.2. The molecule has 2 atom stereocenters. The lowest BCUT2D eigenvalue weighted by molar-refractivity contribution is -0.146. The largest absolute Gasteiger partial charge is 0.493 e. The van der Waals surface area contributed by atoms with Crippen LogP contribution in [0.2, 0.25) is 0 Å². The van der Waals surface area contributed by atoms with Gasteiger partial charge in [0.1, 0.15) is 5.92 Å². The van der Waals surface area contributed by atoms with Crippen LogP contribution in [0, 0.1) is 5.92 Å². The third-order valence-corrected chi connectivity index (χ3v) is 5.58. The van der Waals surface area contributed by atoms with E-state index in [4.69, 9.17) is 18.9 Å². The van der Waals surface area contributed by atoms with Crippen LogP contribution in [0.3, 0.4) is 0 Å². The molecule has 0 fully saturated rings. The van der Waals surface area contributed by atoms with Crippen molar-refractivity contribution in [3.05, 3.63) is 29.0 Å². The number of methoxy groups -OCH3 is 3. The first-order valence-electron chi connectivity index (χ1n) is 10.2. The number of ether oxygens (including phenoxy) is 4. The zero-order valence-corrected chi connectivity index (χ0v) is 18.2. The van der Waals surface area contributed by atoms with Crippen molar-refractivity contribution in [3.8, 4) is 17.2 Å². The summed E-state index contributed by atoms with van der Waals surface area (Å²) < 4.78 is 21.9. The van der Waals surface area contributed by atoms with Gasteiger partial charge in [0.05, 0.1) is 27.9 Å². The Morgan fingerprint density at radius 1 is 1.10 bits per heavy atom. The highest BCUT2D eigenvalue weighted by molar-refractivity contribution is 6.08. The van der Waals surface area contributed by atoms with Gasteiger partial charge in [-0.1, -0.05) is 6.92 Å². The fraction of sp³-hybridized carbons (Fsp3) is 0.522. The van der Waals surface area contributed by atoms with E-state index in [0.717, 1.165) is 30.5 Å². The van der Waals surface area contributed by atoms with Gasteiger partial charge in [-0.2, -0.15) is 0 Å². The molecule has 1 unspecified atom stereocenters. The molecule has 1 aromatic rings. The molecule has 0 aromatic heterocycles. The highest BCUT2D eigenvalue weighted by Gasteiger charge is 2.43. The Labute approximate surface area is 177 Å². The Hall–Kier alpha value is -2.83. The molecule has 0 N–H and O–H groups in total. The molecule has 0 saturated heterocycles. The molecule has 1 heterocycles. The predicted molar refractivity (Wildman–Crippen MR) is 113 cm³/mol. The Kier molecular flexibility index (Phi) is 6.80. The van der Waals surface area contributed by atoms with Gasteiger partial charge in [-0.15, -0.1) is 0 Å². The molecular formula is C23H29NO6. The minimum absolute atomic E-state index is 0.0274. The monoisotopic (exact) mass is 415 g/mol. The summed E-state index contributed by atoms with van der Waals surface area (Å²) in [4.78, 5) is 30.7. The van der Waals surface area contributed by atoms with E-state index in [0.29, 0.717) is 41.6 Å². The van der Waals surface area contributed by atoms with Gasteiger partial charge in [-0.25, -0.2) is 0 Å². The topological polar surface area (TPSA) is 83.4 Å². The number of allylic oxidation sites excluding steroid dienone is 2. The molecule has 0 bridgehead atoms. The fourth-order valence-electron chi connectivity index (χ4n) is 4.25. The van der Waals surface area contributed by atoms with Crippen LogP contribution >= 0.6 is 0 Å². The lowest BCUT2D eigenvalue weighted by atomic mass is 9.71. The third kappa shape index (κ3) is 3.93. The third-order valence-electron chi connectivity index (χ3n) is 5.58. The lowest BCUT2D eigenvalue weighted by Gasteiger charge is -2.34. The van der Waals surface area contributed by atoms with Crippen LogP contribution in [-0.2, 0) is 14.3 Å². The van der Waals surface area contributed by atoms with Crippen LogP contribution < -0.4 is 14.2 Å². The second-order valence-electron chi connectivity index (χ2n) is 7.47. The number of hydrogen-bond donors (Lipinski definition) is 0.